The monoisotopic (exact) mass is 225 g/mol. The maximum absolute atomic E-state index is 11.5. The fraction of sp³-hybridized carbons (Fsp3) is 0.667. The zero-order valence-electron chi connectivity index (χ0n) is 9.50. The Bertz CT molecular complexity index is 276. The lowest BCUT2D eigenvalue weighted by molar-refractivity contribution is -0.137. The molecule has 16 heavy (non-hydrogen) atoms. The minimum absolute atomic E-state index is 0.106. The van der Waals surface area contributed by atoms with Crippen LogP contribution in [-0.4, -0.2) is 23.4 Å². The number of carboxylic acid groups (broad SMARTS) is 1. The van der Waals surface area contributed by atoms with E-state index in [0.29, 0.717) is 19.3 Å². The third kappa shape index (κ3) is 5.53. The van der Waals surface area contributed by atoms with Crippen molar-refractivity contribution in [2.45, 2.75) is 44.9 Å². The molecule has 0 spiro atoms. The summed E-state index contributed by atoms with van der Waals surface area (Å²) < 4.78 is 0. The summed E-state index contributed by atoms with van der Waals surface area (Å²) in [6.45, 7) is 0.956. The van der Waals surface area contributed by atoms with Gasteiger partial charge in [0.1, 0.15) is 0 Å². The number of rotatable bonds is 6. The number of carbonyl (C=O) groups is 2. The van der Waals surface area contributed by atoms with Crippen LogP contribution in [-0.2, 0) is 9.59 Å². The molecular weight excluding hydrogens is 206 g/mol. The molecule has 0 amide bonds. The second-order valence-corrected chi connectivity index (χ2v) is 4.12. The number of nitrogens with one attached hydrogen (secondary N) is 1. The number of piperidine rings is 1. The van der Waals surface area contributed by atoms with E-state index < -0.39 is 5.97 Å². The Labute approximate surface area is 95.7 Å². The first-order valence-corrected chi connectivity index (χ1v) is 5.87. The average molecular weight is 225 g/mol. The minimum Gasteiger partial charge on any atom is -0.481 e. The molecule has 4 heteroatoms. The van der Waals surface area contributed by atoms with Crippen LogP contribution in [0.4, 0.5) is 0 Å². The van der Waals surface area contributed by atoms with Crippen LogP contribution < -0.4 is 5.32 Å². The first-order chi connectivity index (χ1) is 7.68. The van der Waals surface area contributed by atoms with E-state index in [9.17, 15) is 9.59 Å². The van der Waals surface area contributed by atoms with Crippen LogP contribution in [0.3, 0.4) is 0 Å². The van der Waals surface area contributed by atoms with Crippen molar-refractivity contribution in [3.8, 4) is 0 Å². The quantitative estimate of drug-likeness (QED) is 0.535. The lowest BCUT2D eigenvalue weighted by Crippen LogP contribution is -2.20. The number of hydrogen-bond acceptors (Lipinski definition) is 3. The number of carboxylic acids is 1. The van der Waals surface area contributed by atoms with Crippen LogP contribution in [0.1, 0.15) is 44.9 Å². The highest BCUT2D eigenvalue weighted by Gasteiger charge is 2.06. The van der Waals surface area contributed by atoms with Gasteiger partial charge in [-0.25, -0.2) is 0 Å². The van der Waals surface area contributed by atoms with Crippen LogP contribution in [0.15, 0.2) is 11.8 Å². The summed E-state index contributed by atoms with van der Waals surface area (Å²) in [5.74, 6) is -0.686. The number of hydrogen-bond donors (Lipinski definition) is 2. The Hall–Kier alpha value is -1.32. The molecule has 0 aromatic heterocycles. The van der Waals surface area contributed by atoms with Crippen molar-refractivity contribution >= 4 is 11.8 Å². The summed E-state index contributed by atoms with van der Waals surface area (Å²) in [4.78, 5) is 21.7. The van der Waals surface area contributed by atoms with Crippen LogP contribution in [0, 0.1) is 0 Å². The highest BCUT2D eigenvalue weighted by atomic mass is 16.4. The van der Waals surface area contributed by atoms with Gasteiger partial charge < -0.3 is 10.4 Å². The van der Waals surface area contributed by atoms with Gasteiger partial charge in [0.15, 0.2) is 5.78 Å². The molecule has 4 nitrogen and oxygen atoms in total. The second-order valence-electron chi connectivity index (χ2n) is 4.12. The predicted octanol–water partition coefficient (Wildman–Crippen LogP) is 1.86. The van der Waals surface area contributed by atoms with E-state index in [1.54, 1.807) is 6.08 Å². The van der Waals surface area contributed by atoms with Crippen LogP contribution in [0.25, 0.3) is 0 Å². The highest BCUT2D eigenvalue weighted by molar-refractivity contribution is 5.90. The van der Waals surface area contributed by atoms with Gasteiger partial charge in [0.25, 0.3) is 0 Å². The van der Waals surface area contributed by atoms with E-state index in [1.807, 2.05) is 0 Å². The maximum atomic E-state index is 11.5. The Morgan fingerprint density at radius 2 is 2.00 bits per heavy atom. The summed E-state index contributed by atoms with van der Waals surface area (Å²) in [5.41, 5.74) is 1.04. The standard InChI is InChI=1S/C12H19NO3/c14-11(6-1-2-7-12(15)16)9-10-5-3-4-8-13-10/h9,13H,1-8H2,(H,15,16)/b10-9-. The number of carbonyl (C=O) groups excluding carboxylic acids is 1. The zero-order chi connectivity index (χ0) is 11.8. The van der Waals surface area contributed by atoms with Crippen LogP contribution >= 0.6 is 0 Å². The van der Waals surface area contributed by atoms with Crippen molar-refractivity contribution in [1.29, 1.82) is 0 Å². The van der Waals surface area contributed by atoms with Crippen LogP contribution in [0.2, 0.25) is 0 Å². The molecule has 2 N–H and O–H groups in total. The van der Waals surface area contributed by atoms with Crippen molar-refractivity contribution < 1.29 is 14.7 Å². The molecule has 1 aliphatic heterocycles. The molecule has 0 radical (unpaired) electrons. The van der Waals surface area contributed by atoms with E-state index in [-0.39, 0.29) is 12.2 Å². The number of ketones is 1. The summed E-state index contributed by atoms with van der Waals surface area (Å²) in [6.07, 6.45) is 6.81. The highest BCUT2D eigenvalue weighted by Crippen LogP contribution is 2.11. The molecule has 0 aromatic rings. The van der Waals surface area contributed by atoms with Crippen molar-refractivity contribution in [2.24, 2.45) is 0 Å². The van der Waals surface area contributed by atoms with Gasteiger partial charge in [0, 0.05) is 31.2 Å². The smallest absolute Gasteiger partial charge is 0.303 e. The van der Waals surface area contributed by atoms with Gasteiger partial charge in [-0.15, -0.1) is 0 Å². The SMILES string of the molecule is O=C(O)CCCCC(=O)/C=C1/CCCCN1. The lowest BCUT2D eigenvalue weighted by atomic mass is 10.1. The van der Waals surface area contributed by atoms with E-state index in [4.69, 9.17) is 5.11 Å². The molecule has 1 saturated heterocycles. The van der Waals surface area contributed by atoms with E-state index in [2.05, 4.69) is 5.32 Å². The molecular formula is C12H19NO3. The van der Waals surface area contributed by atoms with Gasteiger partial charge in [0.05, 0.1) is 0 Å². The van der Waals surface area contributed by atoms with Crippen LogP contribution in [0.5, 0.6) is 0 Å². The lowest BCUT2D eigenvalue weighted by Gasteiger charge is -2.16. The average Bonchev–Trinajstić information content (AvgIpc) is 2.25. The molecule has 1 fully saturated rings. The van der Waals surface area contributed by atoms with Gasteiger partial charge in [-0.1, -0.05) is 0 Å². The summed E-state index contributed by atoms with van der Waals surface area (Å²) >= 11 is 0. The Morgan fingerprint density at radius 1 is 1.25 bits per heavy atom. The zero-order valence-corrected chi connectivity index (χ0v) is 9.50. The van der Waals surface area contributed by atoms with Gasteiger partial charge in [-0.2, -0.15) is 0 Å². The molecule has 0 saturated carbocycles. The van der Waals surface area contributed by atoms with E-state index in [0.717, 1.165) is 25.1 Å². The normalized spacial score (nSPS) is 18.1. The number of unbranched alkanes of at least 4 members (excludes halogenated alkanes) is 1. The van der Waals surface area contributed by atoms with Gasteiger partial charge in [0.2, 0.25) is 0 Å². The van der Waals surface area contributed by atoms with Crippen molar-refractivity contribution in [3.05, 3.63) is 11.8 Å². The Balaban J connectivity index is 2.16. The molecule has 0 aliphatic carbocycles. The predicted molar refractivity (Wildman–Crippen MR) is 61.0 cm³/mol. The first-order valence-electron chi connectivity index (χ1n) is 5.87. The largest absolute Gasteiger partial charge is 0.481 e. The molecule has 0 atom stereocenters. The fourth-order valence-electron chi connectivity index (χ4n) is 1.74. The third-order valence-electron chi connectivity index (χ3n) is 2.62. The van der Waals surface area contributed by atoms with E-state index in [1.165, 1.54) is 6.42 Å². The first kappa shape index (κ1) is 12.7. The molecule has 0 aromatic carbocycles. The third-order valence-corrected chi connectivity index (χ3v) is 2.62. The Morgan fingerprint density at radius 3 is 2.62 bits per heavy atom. The summed E-state index contributed by atoms with van der Waals surface area (Å²) in [6, 6.07) is 0. The molecule has 1 aliphatic rings. The number of aliphatic carboxylic acids is 1. The van der Waals surface area contributed by atoms with E-state index >= 15 is 0 Å². The Kier molecular flexibility index (Phi) is 5.61. The fourth-order valence-corrected chi connectivity index (χ4v) is 1.74. The van der Waals surface area contributed by atoms with Gasteiger partial charge in [-0.3, -0.25) is 9.59 Å². The topological polar surface area (TPSA) is 66.4 Å². The molecule has 1 rings (SSSR count). The van der Waals surface area contributed by atoms with Crippen molar-refractivity contribution in [2.75, 3.05) is 6.54 Å². The van der Waals surface area contributed by atoms with Crippen molar-refractivity contribution in [1.82, 2.24) is 5.32 Å². The molecule has 0 unspecified atom stereocenters. The van der Waals surface area contributed by atoms with Gasteiger partial charge >= 0.3 is 5.97 Å². The molecule has 90 valence electrons. The minimum atomic E-state index is -0.792. The van der Waals surface area contributed by atoms with Gasteiger partial charge in [-0.05, 0) is 32.1 Å². The maximum Gasteiger partial charge on any atom is 0.303 e. The number of allylic oxidation sites excluding steroid dienone is 2. The summed E-state index contributed by atoms with van der Waals surface area (Å²) in [7, 11) is 0. The second kappa shape index (κ2) is 7.04. The molecule has 0 bridgehead atoms. The van der Waals surface area contributed by atoms with Crippen molar-refractivity contribution in [3.63, 3.8) is 0 Å². The molecule has 1 heterocycles. The summed E-state index contributed by atoms with van der Waals surface area (Å²) in [5, 5.41) is 11.6.